The van der Waals surface area contributed by atoms with Gasteiger partial charge in [0.15, 0.2) is 11.7 Å². The lowest BCUT2D eigenvalue weighted by atomic mass is 10.2. The topological polar surface area (TPSA) is 52.3 Å². The molecule has 1 aromatic heterocycles. The first-order valence-electron chi connectivity index (χ1n) is 7.38. The zero-order valence-corrected chi connectivity index (χ0v) is 15.1. The number of benzene rings is 2. The Balaban J connectivity index is 1.60. The average Bonchev–Trinajstić information content (AvgIpc) is 3.05. The number of aromatic nitrogens is 1. The van der Waals surface area contributed by atoms with Crippen molar-refractivity contribution in [1.29, 1.82) is 0 Å². The van der Waals surface area contributed by atoms with Gasteiger partial charge in [0, 0.05) is 17.0 Å². The third-order valence-electron chi connectivity index (χ3n) is 3.35. The van der Waals surface area contributed by atoms with Crippen LogP contribution in [0.3, 0.4) is 0 Å². The fourth-order valence-corrected chi connectivity index (χ4v) is 2.83. The smallest absolute Gasteiger partial charge is 0.311 e. The van der Waals surface area contributed by atoms with E-state index in [1.807, 2.05) is 18.2 Å². The van der Waals surface area contributed by atoms with E-state index >= 15 is 0 Å². The number of esters is 1. The zero-order chi connectivity index (χ0) is 17.8. The van der Waals surface area contributed by atoms with Gasteiger partial charge in [0.1, 0.15) is 5.75 Å². The molecule has 0 saturated carbocycles. The minimum absolute atomic E-state index is 0.0986. The molecule has 0 aliphatic carbocycles. The molecule has 0 aliphatic heterocycles. The molecule has 0 saturated heterocycles. The normalized spacial score (nSPS) is 10.7. The number of carbonyl (C=O) groups is 1. The number of hydrogen-bond donors (Lipinski definition) is 0. The van der Waals surface area contributed by atoms with Crippen LogP contribution in [0.15, 0.2) is 53.1 Å². The zero-order valence-electron chi connectivity index (χ0n) is 12.8. The molecule has 0 unspecified atom stereocenters. The molecule has 1 heterocycles. The van der Waals surface area contributed by atoms with Crippen LogP contribution in [0.1, 0.15) is 12.3 Å². The van der Waals surface area contributed by atoms with E-state index in [1.165, 1.54) is 6.07 Å². The standard InChI is InChI=1S/C18H12Cl3NO3/c19-11-5-6-15(14(21)9-11)25-18(23)8-7-17-22-10-16(24-17)12-3-1-2-4-13(12)20/h1-6,9-10H,7-8H2. The first-order valence-corrected chi connectivity index (χ1v) is 8.51. The van der Waals surface area contributed by atoms with Gasteiger partial charge in [-0.2, -0.15) is 0 Å². The van der Waals surface area contributed by atoms with Crippen molar-refractivity contribution in [2.24, 2.45) is 0 Å². The molecule has 0 radical (unpaired) electrons. The van der Waals surface area contributed by atoms with Crippen molar-refractivity contribution >= 4 is 40.8 Å². The van der Waals surface area contributed by atoms with Gasteiger partial charge in [-0.3, -0.25) is 4.79 Å². The van der Waals surface area contributed by atoms with Crippen molar-refractivity contribution in [2.45, 2.75) is 12.8 Å². The van der Waals surface area contributed by atoms with Crippen molar-refractivity contribution in [3.8, 4) is 17.1 Å². The van der Waals surface area contributed by atoms with Crippen LogP contribution in [-0.2, 0) is 11.2 Å². The SMILES string of the molecule is O=C(CCc1ncc(-c2ccccc2Cl)o1)Oc1ccc(Cl)cc1Cl. The molecule has 3 aromatic rings. The Morgan fingerprint density at radius 2 is 1.88 bits per heavy atom. The van der Waals surface area contributed by atoms with Gasteiger partial charge in [0.05, 0.1) is 22.7 Å². The Morgan fingerprint density at radius 3 is 2.64 bits per heavy atom. The van der Waals surface area contributed by atoms with E-state index in [0.717, 1.165) is 5.56 Å². The van der Waals surface area contributed by atoms with Crippen LogP contribution < -0.4 is 4.74 Å². The summed E-state index contributed by atoms with van der Waals surface area (Å²) in [6, 6.07) is 12.0. The predicted octanol–water partition coefficient (Wildman–Crippen LogP) is 5.84. The average molecular weight is 397 g/mol. The number of halogens is 3. The van der Waals surface area contributed by atoms with Crippen molar-refractivity contribution in [1.82, 2.24) is 4.98 Å². The summed E-state index contributed by atoms with van der Waals surface area (Å²) in [6.07, 6.45) is 1.98. The molecule has 25 heavy (non-hydrogen) atoms. The number of ether oxygens (including phenoxy) is 1. The van der Waals surface area contributed by atoms with Gasteiger partial charge < -0.3 is 9.15 Å². The summed E-state index contributed by atoms with van der Waals surface area (Å²) >= 11 is 17.9. The maximum Gasteiger partial charge on any atom is 0.311 e. The Bertz CT molecular complexity index is 908. The minimum atomic E-state index is -0.443. The van der Waals surface area contributed by atoms with Gasteiger partial charge >= 0.3 is 5.97 Å². The third kappa shape index (κ3) is 4.54. The second-order valence-corrected chi connectivity index (χ2v) is 6.40. The first-order chi connectivity index (χ1) is 12.0. The Hall–Kier alpha value is -2.01. The predicted molar refractivity (Wildman–Crippen MR) is 97.4 cm³/mol. The maximum atomic E-state index is 11.9. The van der Waals surface area contributed by atoms with E-state index in [9.17, 15) is 4.79 Å². The molecule has 0 amide bonds. The summed E-state index contributed by atoms with van der Waals surface area (Å²) in [5.41, 5.74) is 0.749. The van der Waals surface area contributed by atoms with Crippen LogP contribution >= 0.6 is 34.8 Å². The molecular weight excluding hydrogens is 385 g/mol. The van der Waals surface area contributed by atoms with Gasteiger partial charge in [-0.15, -0.1) is 0 Å². The fourth-order valence-electron chi connectivity index (χ4n) is 2.15. The molecule has 0 aliphatic rings. The summed E-state index contributed by atoms with van der Waals surface area (Å²) < 4.78 is 10.9. The van der Waals surface area contributed by atoms with E-state index in [1.54, 1.807) is 24.4 Å². The van der Waals surface area contributed by atoms with Crippen LogP contribution in [0.2, 0.25) is 15.1 Å². The van der Waals surface area contributed by atoms with Crippen LogP contribution in [0, 0.1) is 0 Å². The lowest BCUT2D eigenvalue weighted by Crippen LogP contribution is -2.09. The van der Waals surface area contributed by atoms with Crippen LogP contribution in [-0.4, -0.2) is 11.0 Å². The summed E-state index contributed by atoms with van der Waals surface area (Å²) in [7, 11) is 0. The second-order valence-electron chi connectivity index (χ2n) is 5.15. The number of hydrogen-bond acceptors (Lipinski definition) is 4. The second kappa shape index (κ2) is 7.91. The third-order valence-corrected chi connectivity index (χ3v) is 4.21. The Labute approximate surface area is 159 Å². The van der Waals surface area contributed by atoms with Crippen molar-refractivity contribution < 1.29 is 13.9 Å². The highest BCUT2D eigenvalue weighted by atomic mass is 35.5. The van der Waals surface area contributed by atoms with E-state index in [2.05, 4.69) is 4.98 Å². The van der Waals surface area contributed by atoms with Crippen molar-refractivity contribution in [3.63, 3.8) is 0 Å². The highest BCUT2D eigenvalue weighted by Gasteiger charge is 2.13. The lowest BCUT2D eigenvalue weighted by molar-refractivity contribution is -0.134. The molecule has 0 N–H and O–H groups in total. The molecular formula is C18H12Cl3NO3. The molecule has 0 atom stereocenters. The monoisotopic (exact) mass is 395 g/mol. The summed E-state index contributed by atoms with van der Waals surface area (Å²) in [5.74, 6) is 0.797. The Kier molecular flexibility index (Phi) is 5.63. The molecule has 0 spiro atoms. The Morgan fingerprint density at radius 1 is 1.08 bits per heavy atom. The maximum absolute atomic E-state index is 11.9. The number of carbonyl (C=O) groups excluding carboxylic acids is 1. The van der Waals surface area contributed by atoms with Crippen LogP contribution in [0.25, 0.3) is 11.3 Å². The number of aryl methyl sites for hydroxylation is 1. The minimum Gasteiger partial charge on any atom is -0.441 e. The largest absolute Gasteiger partial charge is 0.441 e. The fraction of sp³-hybridized carbons (Fsp3) is 0.111. The van der Waals surface area contributed by atoms with Gasteiger partial charge in [-0.05, 0) is 30.3 Å². The number of oxazole rings is 1. The van der Waals surface area contributed by atoms with Crippen molar-refractivity contribution in [3.05, 3.63) is 69.6 Å². The molecule has 128 valence electrons. The lowest BCUT2D eigenvalue weighted by Gasteiger charge is -2.05. The van der Waals surface area contributed by atoms with E-state index in [-0.39, 0.29) is 17.2 Å². The first kappa shape index (κ1) is 17.8. The van der Waals surface area contributed by atoms with E-state index in [4.69, 9.17) is 44.0 Å². The molecule has 7 heteroatoms. The number of rotatable bonds is 5. The summed E-state index contributed by atoms with van der Waals surface area (Å²) in [4.78, 5) is 16.1. The van der Waals surface area contributed by atoms with Crippen LogP contribution in [0.5, 0.6) is 5.75 Å². The van der Waals surface area contributed by atoms with Crippen LogP contribution in [0.4, 0.5) is 0 Å². The van der Waals surface area contributed by atoms with Gasteiger partial charge in [0.25, 0.3) is 0 Å². The van der Waals surface area contributed by atoms with E-state index < -0.39 is 5.97 Å². The summed E-state index contributed by atoms with van der Waals surface area (Å²) in [6.45, 7) is 0. The van der Waals surface area contributed by atoms with Gasteiger partial charge in [0.2, 0.25) is 0 Å². The van der Waals surface area contributed by atoms with E-state index in [0.29, 0.717) is 28.1 Å². The molecule has 0 fully saturated rings. The molecule has 2 aromatic carbocycles. The number of nitrogens with zero attached hydrogens (tertiary/aromatic N) is 1. The quantitative estimate of drug-likeness (QED) is 0.401. The molecule has 3 rings (SSSR count). The molecule has 4 nitrogen and oxygen atoms in total. The van der Waals surface area contributed by atoms with Gasteiger partial charge in [-0.1, -0.05) is 46.9 Å². The highest BCUT2D eigenvalue weighted by Crippen LogP contribution is 2.29. The summed E-state index contributed by atoms with van der Waals surface area (Å²) in [5, 5.41) is 1.32. The molecule has 0 bridgehead atoms. The van der Waals surface area contributed by atoms with Gasteiger partial charge in [-0.25, -0.2) is 4.98 Å². The van der Waals surface area contributed by atoms with Crippen molar-refractivity contribution in [2.75, 3.05) is 0 Å². The highest BCUT2D eigenvalue weighted by molar-refractivity contribution is 6.35.